The second kappa shape index (κ2) is 5.89. The molecule has 19 heavy (non-hydrogen) atoms. The zero-order chi connectivity index (χ0) is 14.0. The van der Waals surface area contributed by atoms with Gasteiger partial charge in [0.15, 0.2) is 0 Å². The number of aryl methyl sites for hydroxylation is 3. The lowest BCUT2D eigenvalue weighted by molar-refractivity contribution is 0.865. The van der Waals surface area contributed by atoms with E-state index in [1.54, 1.807) is 0 Å². The lowest BCUT2D eigenvalue weighted by Crippen LogP contribution is -2.12. The first-order valence-corrected chi connectivity index (χ1v) is 7.43. The van der Waals surface area contributed by atoms with Crippen LogP contribution >= 0.6 is 15.9 Å². The van der Waals surface area contributed by atoms with Crippen molar-refractivity contribution in [2.24, 2.45) is 5.73 Å². The molecule has 1 unspecified atom stereocenters. The highest BCUT2D eigenvalue weighted by atomic mass is 79.9. The smallest absolute Gasteiger partial charge is 0.0551 e. The fraction of sp³-hybridized carbons (Fsp3) is 0.294. The lowest BCUT2D eigenvalue weighted by atomic mass is 9.95. The number of nitrogens with two attached hydrogens (primary N) is 1. The van der Waals surface area contributed by atoms with Gasteiger partial charge in [-0.2, -0.15) is 0 Å². The summed E-state index contributed by atoms with van der Waals surface area (Å²) in [7, 11) is 0. The van der Waals surface area contributed by atoms with Crippen LogP contribution in [-0.2, 0) is 6.42 Å². The van der Waals surface area contributed by atoms with E-state index in [0.717, 1.165) is 6.42 Å². The van der Waals surface area contributed by atoms with E-state index in [1.807, 2.05) is 0 Å². The molecule has 2 aromatic carbocycles. The standard InChI is InChI=1S/C17H20BrN/c1-4-13-5-7-14(8-6-13)17(19)15-9-11(2)16(18)12(3)10-15/h5-10,17H,4,19H2,1-3H3. The third-order valence-electron chi connectivity index (χ3n) is 3.56. The number of benzene rings is 2. The molecule has 100 valence electrons. The van der Waals surface area contributed by atoms with E-state index in [2.05, 4.69) is 73.1 Å². The van der Waals surface area contributed by atoms with Gasteiger partial charge in [-0.3, -0.25) is 0 Å². The molecule has 2 rings (SSSR count). The first kappa shape index (κ1) is 14.3. The van der Waals surface area contributed by atoms with Crippen LogP contribution in [0.3, 0.4) is 0 Å². The predicted molar refractivity (Wildman–Crippen MR) is 85.5 cm³/mol. The molecular weight excluding hydrogens is 298 g/mol. The van der Waals surface area contributed by atoms with Crippen LogP contribution in [0.4, 0.5) is 0 Å². The predicted octanol–water partition coefficient (Wildman–Crippen LogP) is 4.68. The first-order valence-electron chi connectivity index (χ1n) is 6.64. The van der Waals surface area contributed by atoms with E-state index < -0.39 is 0 Å². The van der Waals surface area contributed by atoms with Gasteiger partial charge in [0.1, 0.15) is 0 Å². The number of rotatable bonds is 3. The molecule has 2 heteroatoms. The van der Waals surface area contributed by atoms with Crippen LogP contribution in [0, 0.1) is 13.8 Å². The second-order valence-corrected chi connectivity index (χ2v) is 5.83. The maximum absolute atomic E-state index is 6.38. The zero-order valence-electron chi connectivity index (χ0n) is 11.7. The first-order chi connectivity index (χ1) is 9.02. The molecule has 1 atom stereocenters. The fourth-order valence-corrected chi connectivity index (χ4v) is 2.54. The van der Waals surface area contributed by atoms with Gasteiger partial charge < -0.3 is 5.73 Å². The molecule has 0 aliphatic heterocycles. The Hall–Kier alpha value is -1.12. The van der Waals surface area contributed by atoms with Crippen molar-refractivity contribution in [3.8, 4) is 0 Å². The van der Waals surface area contributed by atoms with Gasteiger partial charge in [-0.25, -0.2) is 0 Å². The Labute approximate surface area is 124 Å². The van der Waals surface area contributed by atoms with E-state index in [9.17, 15) is 0 Å². The van der Waals surface area contributed by atoms with Gasteiger partial charge in [-0.15, -0.1) is 0 Å². The van der Waals surface area contributed by atoms with Gasteiger partial charge in [-0.05, 0) is 48.1 Å². The van der Waals surface area contributed by atoms with Gasteiger partial charge in [-0.1, -0.05) is 59.3 Å². The molecule has 0 aromatic heterocycles. The van der Waals surface area contributed by atoms with E-state index in [0.29, 0.717) is 0 Å². The van der Waals surface area contributed by atoms with Crippen molar-refractivity contribution in [2.45, 2.75) is 33.2 Å². The summed E-state index contributed by atoms with van der Waals surface area (Å²) in [6.45, 7) is 6.37. The average Bonchev–Trinajstić information content (AvgIpc) is 2.43. The maximum atomic E-state index is 6.38. The van der Waals surface area contributed by atoms with Crippen molar-refractivity contribution < 1.29 is 0 Å². The highest BCUT2D eigenvalue weighted by molar-refractivity contribution is 9.10. The van der Waals surface area contributed by atoms with Crippen LogP contribution in [0.5, 0.6) is 0 Å². The molecule has 2 N–H and O–H groups in total. The second-order valence-electron chi connectivity index (χ2n) is 5.04. The Morgan fingerprint density at radius 1 is 1.00 bits per heavy atom. The molecular formula is C17H20BrN. The highest BCUT2D eigenvalue weighted by Crippen LogP contribution is 2.27. The molecule has 0 spiro atoms. The van der Waals surface area contributed by atoms with Crippen molar-refractivity contribution in [3.63, 3.8) is 0 Å². The van der Waals surface area contributed by atoms with E-state index in [4.69, 9.17) is 5.73 Å². The molecule has 0 bridgehead atoms. The maximum Gasteiger partial charge on any atom is 0.0551 e. The number of hydrogen-bond donors (Lipinski definition) is 1. The van der Waals surface area contributed by atoms with Gasteiger partial charge in [0, 0.05) is 4.47 Å². The Balaban J connectivity index is 2.35. The van der Waals surface area contributed by atoms with Crippen LogP contribution in [0.15, 0.2) is 40.9 Å². The summed E-state index contributed by atoms with van der Waals surface area (Å²) in [5.41, 5.74) is 12.5. The zero-order valence-corrected chi connectivity index (χ0v) is 13.3. The quantitative estimate of drug-likeness (QED) is 0.874. The normalized spacial score (nSPS) is 12.5. The summed E-state index contributed by atoms with van der Waals surface area (Å²) in [5, 5.41) is 0. The van der Waals surface area contributed by atoms with Crippen molar-refractivity contribution in [3.05, 3.63) is 68.7 Å². The van der Waals surface area contributed by atoms with Crippen molar-refractivity contribution >= 4 is 15.9 Å². The summed E-state index contributed by atoms with van der Waals surface area (Å²) in [4.78, 5) is 0. The van der Waals surface area contributed by atoms with E-state index in [1.165, 1.54) is 32.3 Å². The average molecular weight is 318 g/mol. The molecule has 2 aromatic rings. The lowest BCUT2D eigenvalue weighted by Gasteiger charge is -2.16. The minimum atomic E-state index is -0.0589. The number of halogens is 1. The topological polar surface area (TPSA) is 26.0 Å². The molecule has 0 saturated heterocycles. The summed E-state index contributed by atoms with van der Waals surface area (Å²) < 4.78 is 1.17. The summed E-state index contributed by atoms with van der Waals surface area (Å²) >= 11 is 3.60. The van der Waals surface area contributed by atoms with Crippen LogP contribution in [0.1, 0.15) is 40.8 Å². The fourth-order valence-electron chi connectivity index (χ4n) is 2.31. The third-order valence-corrected chi connectivity index (χ3v) is 4.82. The summed E-state index contributed by atoms with van der Waals surface area (Å²) in [6.07, 6.45) is 1.06. The Morgan fingerprint density at radius 3 is 2.00 bits per heavy atom. The molecule has 1 nitrogen and oxygen atoms in total. The highest BCUT2D eigenvalue weighted by Gasteiger charge is 2.11. The number of hydrogen-bond acceptors (Lipinski definition) is 1. The van der Waals surface area contributed by atoms with Crippen LogP contribution in [0.2, 0.25) is 0 Å². The Bertz CT molecular complexity index is 549. The molecule has 0 heterocycles. The monoisotopic (exact) mass is 317 g/mol. The van der Waals surface area contributed by atoms with Crippen molar-refractivity contribution in [1.29, 1.82) is 0 Å². The van der Waals surface area contributed by atoms with E-state index >= 15 is 0 Å². The minimum Gasteiger partial charge on any atom is -0.320 e. The van der Waals surface area contributed by atoms with E-state index in [-0.39, 0.29) is 6.04 Å². The molecule has 0 aliphatic rings. The Morgan fingerprint density at radius 2 is 1.53 bits per heavy atom. The molecule has 0 fully saturated rings. The van der Waals surface area contributed by atoms with Gasteiger partial charge in [0.25, 0.3) is 0 Å². The van der Waals surface area contributed by atoms with Gasteiger partial charge >= 0.3 is 0 Å². The van der Waals surface area contributed by atoms with Crippen LogP contribution < -0.4 is 5.73 Å². The van der Waals surface area contributed by atoms with Crippen LogP contribution in [0.25, 0.3) is 0 Å². The summed E-state index contributed by atoms with van der Waals surface area (Å²) in [6, 6.07) is 12.9. The molecule has 0 saturated carbocycles. The minimum absolute atomic E-state index is 0.0589. The Kier molecular flexibility index (Phi) is 4.43. The summed E-state index contributed by atoms with van der Waals surface area (Å²) in [5.74, 6) is 0. The van der Waals surface area contributed by atoms with Gasteiger partial charge in [0.05, 0.1) is 6.04 Å². The van der Waals surface area contributed by atoms with Crippen molar-refractivity contribution in [2.75, 3.05) is 0 Å². The third kappa shape index (κ3) is 3.07. The van der Waals surface area contributed by atoms with Crippen LogP contribution in [-0.4, -0.2) is 0 Å². The van der Waals surface area contributed by atoms with Gasteiger partial charge in [0.2, 0.25) is 0 Å². The molecule has 0 aliphatic carbocycles. The molecule has 0 amide bonds. The van der Waals surface area contributed by atoms with Crippen molar-refractivity contribution in [1.82, 2.24) is 0 Å². The largest absolute Gasteiger partial charge is 0.320 e. The SMILES string of the molecule is CCc1ccc(C(N)c2cc(C)c(Br)c(C)c2)cc1. The molecule has 0 radical (unpaired) electrons.